The molecule has 0 heterocycles. The molecule has 4 N–H and O–H groups in total. The van der Waals surface area contributed by atoms with Crippen LogP contribution < -0.4 is 5.73 Å². The van der Waals surface area contributed by atoms with Crippen LogP contribution >= 0.6 is 11.6 Å². The lowest BCUT2D eigenvalue weighted by atomic mass is 9.99. The van der Waals surface area contributed by atoms with Crippen molar-refractivity contribution in [1.82, 2.24) is 0 Å². The maximum Gasteiger partial charge on any atom is 0.339 e. The van der Waals surface area contributed by atoms with Gasteiger partial charge in [-0.2, -0.15) is 0 Å². The smallest absolute Gasteiger partial charge is 0.339 e. The predicted octanol–water partition coefficient (Wildman–Crippen LogP) is 1.08. The third-order valence-electron chi connectivity index (χ3n) is 2.59. The van der Waals surface area contributed by atoms with E-state index in [-0.39, 0.29) is 23.6 Å². The zero-order valence-electron chi connectivity index (χ0n) is 9.97. The molecule has 100 valence electrons. The molecule has 2 unspecified atom stereocenters. The summed E-state index contributed by atoms with van der Waals surface area (Å²) in [4.78, 5) is 11.4. The Hall–Kier alpha value is -1.30. The Morgan fingerprint density at radius 3 is 2.72 bits per heavy atom. The fraction of sp³-hybridized carbons (Fsp3) is 0.417. The number of esters is 1. The molecule has 0 fully saturated rings. The number of alkyl halides is 1. The van der Waals surface area contributed by atoms with Crippen molar-refractivity contribution < 1.29 is 19.7 Å². The van der Waals surface area contributed by atoms with Gasteiger partial charge < -0.3 is 20.7 Å². The zero-order chi connectivity index (χ0) is 13.7. The van der Waals surface area contributed by atoms with Crippen molar-refractivity contribution in [2.24, 2.45) is 0 Å². The number of benzene rings is 1. The Bertz CT molecular complexity index is 425. The number of nitrogen functional groups attached to an aromatic ring is 1. The number of anilines is 1. The number of rotatable bonds is 5. The molecule has 0 bridgehead atoms. The SMILES string of the molecule is COC(=O)c1cc(C(O)C(O)CCCl)ccc1N. The summed E-state index contributed by atoms with van der Waals surface area (Å²) in [6, 6.07) is 4.44. The maximum atomic E-state index is 11.4. The Kier molecular flexibility index (Phi) is 5.40. The lowest BCUT2D eigenvalue weighted by molar-refractivity contribution is 0.0169. The molecule has 0 aliphatic carbocycles. The molecule has 0 aromatic heterocycles. The lowest BCUT2D eigenvalue weighted by Crippen LogP contribution is -2.19. The summed E-state index contributed by atoms with van der Waals surface area (Å²) in [5, 5.41) is 19.5. The van der Waals surface area contributed by atoms with E-state index in [1.54, 1.807) is 6.07 Å². The van der Waals surface area contributed by atoms with Gasteiger partial charge in [-0.25, -0.2) is 4.79 Å². The van der Waals surface area contributed by atoms with Crippen LogP contribution in [-0.4, -0.2) is 35.3 Å². The molecule has 1 rings (SSSR count). The number of aliphatic hydroxyl groups is 2. The van der Waals surface area contributed by atoms with Crippen LogP contribution in [0.5, 0.6) is 0 Å². The normalized spacial score (nSPS) is 14.0. The molecule has 2 atom stereocenters. The first-order valence-corrected chi connectivity index (χ1v) is 5.94. The number of aliphatic hydroxyl groups excluding tert-OH is 2. The van der Waals surface area contributed by atoms with Gasteiger partial charge in [-0.1, -0.05) is 6.07 Å². The monoisotopic (exact) mass is 273 g/mol. The van der Waals surface area contributed by atoms with Gasteiger partial charge in [0.05, 0.1) is 18.8 Å². The molecule has 0 aliphatic rings. The fourth-order valence-corrected chi connectivity index (χ4v) is 1.76. The molecule has 0 amide bonds. The van der Waals surface area contributed by atoms with Crippen LogP contribution in [0.2, 0.25) is 0 Å². The van der Waals surface area contributed by atoms with E-state index in [1.165, 1.54) is 19.2 Å². The molecule has 18 heavy (non-hydrogen) atoms. The molecule has 0 aliphatic heterocycles. The molecule has 0 radical (unpaired) electrons. The number of hydrogen-bond acceptors (Lipinski definition) is 5. The van der Waals surface area contributed by atoms with Gasteiger partial charge in [0.25, 0.3) is 0 Å². The summed E-state index contributed by atoms with van der Waals surface area (Å²) in [5.74, 6) is -0.356. The second-order valence-corrected chi connectivity index (χ2v) is 4.21. The predicted molar refractivity (Wildman–Crippen MR) is 68.5 cm³/mol. The Labute approximate surface area is 110 Å². The second-order valence-electron chi connectivity index (χ2n) is 3.83. The highest BCUT2D eigenvalue weighted by molar-refractivity contribution is 6.17. The first kappa shape index (κ1) is 14.8. The lowest BCUT2D eigenvalue weighted by Gasteiger charge is -2.18. The van der Waals surface area contributed by atoms with E-state index in [0.29, 0.717) is 5.56 Å². The molecule has 1 aromatic carbocycles. The highest BCUT2D eigenvalue weighted by Gasteiger charge is 2.20. The van der Waals surface area contributed by atoms with Crippen LogP contribution in [0.25, 0.3) is 0 Å². The van der Waals surface area contributed by atoms with Crippen LogP contribution in [0.3, 0.4) is 0 Å². The summed E-state index contributed by atoms with van der Waals surface area (Å²) in [6.45, 7) is 0. The van der Waals surface area contributed by atoms with Gasteiger partial charge in [-0.05, 0) is 24.1 Å². The quantitative estimate of drug-likeness (QED) is 0.424. The van der Waals surface area contributed by atoms with Gasteiger partial charge in [0, 0.05) is 11.6 Å². The number of carbonyl (C=O) groups is 1. The van der Waals surface area contributed by atoms with Crippen LogP contribution in [-0.2, 0) is 4.74 Å². The second kappa shape index (κ2) is 6.58. The largest absolute Gasteiger partial charge is 0.465 e. The number of halogens is 1. The van der Waals surface area contributed by atoms with Crippen LogP contribution in [0.4, 0.5) is 5.69 Å². The average molecular weight is 274 g/mol. The van der Waals surface area contributed by atoms with E-state index < -0.39 is 18.2 Å². The van der Waals surface area contributed by atoms with Crippen molar-refractivity contribution in [2.45, 2.75) is 18.6 Å². The highest BCUT2D eigenvalue weighted by Crippen LogP contribution is 2.23. The van der Waals surface area contributed by atoms with Gasteiger partial charge in [0.2, 0.25) is 0 Å². The van der Waals surface area contributed by atoms with Crippen molar-refractivity contribution in [2.75, 3.05) is 18.7 Å². The number of methoxy groups -OCH3 is 1. The molecular weight excluding hydrogens is 258 g/mol. The first-order chi connectivity index (χ1) is 8.51. The summed E-state index contributed by atoms with van der Waals surface area (Å²) in [6.07, 6.45) is -1.86. The standard InChI is InChI=1S/C12H16ClNO4/c1-18-12(17)8-6-7(2-3-9(8)14)11(16)10(15)4-5-13/h2-3,6,10-11,15-16H,4-5,14H2,1H3. The van der Waals surface area contributed by atoms with E-state index in [1.807, 2.05) is 0 Å². The summed E-state index contributed by atoms with van der Waals surface area (Å²) < 4.78 is 4.58. The van der Waals surface area contributed by atoms with Gasteiger partial charge in [0.1, 0.15) is 6.10 Å². The van der Waals surface area contributed by atoms with E-state index in [4.69, 9.17) is 17.3 Å². The van der Waals surface area contributed by atoms with Gasteiger partial charge in [0.15, 0.2) is 0 Å². The van der Waals surface area contributed by atoms with Crippen LogP contribution in [0, 0.1) is 0 Å². The third kappa shape index (κ3) is 3.35. The molecular formula is C12H16ClNO4. The van der Waals surface area contributed by atoms with Crippen LogP contribution in [0.15, 0.2) is 18.2 Å². The average Bonchev–Trinajstić information content (AvgIpc) is 2.38. The molecule has 0 spiro atoms. The minimum absolute atomic E-state index is 0.159. The van der Waals surface area contributed by atoms with Crippen molar-refractivity contribution in [3.63, 3.8) is 0 Å². The van der Waals surface area contributed by atoms with E-state index in [0.717, 1.165) is 0 Å². The minimum atomic E-state index is -1.12. The van der Waals surface area contributed by atoms with Gasteiger partial charge >= 0.3 is 5.97 Å². The summed E-state index contributed by atoms with van der Waals surface area (Å²) >= 11 is 5.49. The van der Waals surface area contributed by atoms with Crippen LogP contribution in [0.1, 0.15) is 28.4 Å². The molecule has 6 heteroatoms. The summed E-state index contributed by atoms with van der Waals surface area (Å²) in [7, 11) is 1.24. The zero-order valence-corrected chi connectivity index (χ0v) is 10.7. The highest BCUT2D eigenvalue weighted by atomic mass is 35.5. The Balaban J connectivity index is 3.00. The molecule has 1 aromatic rings. The number of hydrogen-bond donors (Lipinski definition) is 3. The number of carbonyl (C=O) groups excluding carboxylic acids is 1. The first-order valence-electron chi connectivity index (χ1n) is 5.41. The Morgan fingerprint density at radius 1 is 1.50 bits per heavy atom. The number of ether oxygens (including phenoxy) is 1. The van der Waals surface area contributed by atoms with Crippen molar-refractivity contribution >= 4 is 23.3 Å². The van der Waals surface area contributed by atoms with Gasteiger partial charge in [-0.15, -0.1) is 11.6 Å². The summed E-state index contributed by atoms with van der Waals surface area (Å²) in [5.41, 5.74) is 6.44. The van der Waals surface area contributed by atoms with E-state index in [2.05, 4.69) is 4.74 Å². The fourth-order valence-electron chi connectivity index (χ4n) is 1.54. The van der Waals surface area contributed by atoms with Crippen molar-refractivity contribution in [3.05, 3.63) is 29.3 Å². The van der Waals surface area contributed by atoms with Crippen molar-refractivity contribution in [1.29, 1.82) is 0 Å². The number of nitrogens with two attached hydrogens (primary N) is 1. The molecule has 0 saturated heterocycles. The Morgan fingerprint density at radius 2 is 2.17 bits per heavy atom. The van der Waals surface area contributed by atoms with Crippen molar-refractivity contribution in [3.8, 4) is 0 Å². The third-order valence-corrected chi connectivity index (χ3v) is 2.81. The van der Waals surface area contributed by atoms with Gasteiger partial charge in [-0.3, -0.25) is 0 Å². The van der Waals surface area contributed by atoms with E-state index in [9.17, 15) is 15.0 Å². The topological polar surface area (TPSA) is 92.8 Å². The maximum absolute atomic E-state index is 11.4. The van der Waals surface area contributed by atoms with E-state index >= 15 is 0 Å². The minimum Gasteiger partial charge on any atom is -0.465 e. The molecule has 0 saturated carbocycles. The molecule has 5 nitrogen and oxygen atoms in total.